The molecule has 0 aliphatic carbocycles. The van der Waals surface area contributed by atoms with E-state index in [1.165, 1.54) is 6.92 Å². The highest BCUT2D eigenvalue weighted by molar-refractivity contribution is 6.05. The number of amides is 2. The summed E-state index contributed by atoms with van der Waals surface area (Å²) in [5, 5.41) is 5.57. The van der Waals surface area contributed by atoms with E-state index in [1.54, 1.807) is 24.3 Å². The van der Waals surface area contributed by atoms with Gasteiger partial charge in [0.15, 0.2) is 0 Å². The van der Waals surface area contributed by atoms with Gasteiger partial charge < -0.3 is 20.1 Å². The fourth-order valence-corrected chi connectivity index (χ4v) is 2.91. The van der Waals surface area contributed by atoms with Crippen molar-refractivity contribution in [2.24, 2.45) is 0 Å². The van der Waals surface area contributed by atoms with Crippen molar-refractivity contribution < 1.29 is 19.1 Å². The molecule has 1 unspecified atom stereocenters. The highest BCUT2D eigenvalue weighted by atomic mass is 16.5. The number of ether oxygens (including phenoxy) is 2. The third-order valence-corrected chi connectivity index (χ3v) is 4.30. The van der Waals surface area contributed by atoms with Crippen LogP contribution < -0.4 is 15.4 Å². The van der Waals surface area contributed by atoms with Crippen molar-refractivity contribution in [2.45, 2.75) is 32.8 Å². The molecule has 0 saturated carbocycles. The number of hydrogen-bond acceptors (Lipinski definition) is 4. The van der Waals surface area contributed by atoms with Gasteiger partial charge in [0.25, 0.3) is 5.91 Å². The van der Waals surface area contributed by atoms with Gasteiger partial charge >= 0.3 is 0 Å². The van der Waals surface area contributed by atoms with E-state index in [2.05, 4.69) is 10.6 Å². The molecule has 2 aromatic rings. The molecule has 1 atom stereocenters. The van der Waals surface area contributed by atoms with Crippen molar-refractivity contribution in [1.82, 2.24) is 0 Å². The number of hydrogen-bond donors (Lipinski definition) is 2. The molecule has 0 aromatic heterocycles. The van der Waals surface area contributed by atoms with Crippen LogP contribution >= 0.6 is 0 Å². The summed E-state index contributed by atoms with van der Waals surface area (Å²) in [4.78, 5) is 23.6. The Bertz CT molecular complexity index is 811. The Hall–Kier alpha value is -2.86. The quantitative estimate of drug-likeness (QED) is 0.814. The zero-order chi connectivity index (χ0) is 19.2. The van der Waals surface area contributed by atoms with Gasteiger partial charge in [0.2, 0.25) is 5.91 Å². The molecule has 1 aliphatic rings. The second-order valence-corrected chi connectivity index (χ2v) is 6.66. The molecule has 1 heterocycles. The fraction of sp³-hybridized carbons (Fsp3) is 0.333. The number of carbonyl (C=O) groups is 2. The molecule has 6 nitrogen and oxygen atoms in total. The van der Waals surface area contributed by atoms with Crippen LogP contribution in [0.2, 0.25) is 0 Å². The molecule has 6 heteroatoms. The molecule has 0 spiro atoms. The Balaban J connectivity index is 1.68. The minimum absolute atomic E-state index is 0.107. The van der Waals surface area contributed by atoms with Crippen LogP contribution in [0.1, 0.15) is 35.7 Å². The van der Waals surface area contributed by atoms with Crippen LogP contribution in [0.5, 0.6) is 5.75 Å². The summed E-state index contributed by atoms with van der Waals surface area (Å²) in [6, 6.07) is 12.4. The maximum Gasteiger partial charge on any atom is 0.255 e. The third kappa shape index (κ3) is 5.31. The van der Waals surface area contributed by atoms with Crippen LogP contribution in [0.25, 0.3) is 0 Å². The van der Waals surface area contributed by atoms with E-state index in [0.29, 0.717) is 29.3 Å². The number of anilines is 2. The van der Waals surface area contributed by atoms with Gasteiger partial charge in [-0.05, 0) is 61.7 Å². The average molecular weight is 368 g/mol. The van der Waals surface area contributed by atoms with E-state index in [0.717, 1.165) is 25.0 Å². The summed E-state index contributed by atoms with van der Waals surface area (Å²) >= 11 is 0. The van der Waals surface area contributed by atoms with Crippen molar-refractivity contribution in [1.29, 1.82) is 0 Å². The molecule has 2 N–H and O–H groups in total. The minimum atomic E-state index is -0.241. The van der Waals surface area contributed by atoms with E-state index in [4.69, 9.17) is 9.47 Å². The van der Waals surface area contributed by atoms with Crippen molar-refractivity contribution in [3.05, 3.63) is 53.6 Å². The van der Waals surface area contributed by atoms with Crippen LogP contribution in [0.15, 0.2) is 42.5 Å². The van der Waals surface area contributed by atoms with E-state index < -0.39 is 0 Å². The topological polar surface area (TPSA) is 76.7 Å². The van der Waals surface area contributed by atoms with Crippen LogP contribution in [0.3, 0.4) is 0 Å². The molecule has 1 saturated heterocycles. The van der Waals surface area contributed by atoms with Gasteiger partial charge in [0, 0.05) is 24.8 Å². The van der Waals surface area contributed by atoms with Crippen molar-refractivity contribution in [2.75, 3.05) is 23.8 Å². The summed E-state index contributed by atoms with van der Waals surface area (Å²) in [7, 11) is 0. The molecule has 3 rings (SSSR count). The number of carbonyl (C=O) groups excluding carboxylic acids is 2. The monoisotopic (exact) mass is 368 g/mol. The molecule has 1 aliphatic heterocycles. The smallest absolute Gasteiger partial charge is 0.255 e. The lowest BCUT2D eigenvalue weighted by Crippen LogP contribution is -2.18. The second-order valence-electron chi connectivity index (χ2n) is 6.66. The Morgan fingerprint density at radius 2 is 1.93 bits per heavy atom. The van der Waals surface area contributed by atoms with Gasteiger partial charge in [-0.25, -0.2) is 0 Å². The van der Waals surface area contributed by atoms with E-state index in [-0.39, 0.29) is 17.9 Å². The largest absolute Gasteiger partial charge is 0.489 e. The Labute approximate surface area is 158 Å². The summed E-state index contributed by atoms with van der Waals surface area (Å²) in [6.45, 7) is 4.67. The second kappa shape index (κ2) is 8.68. The van der Waals surface area contributed by atoms with Gasteiger partial charge in [-0.3, -0.25) is 9.59 Å². The van der Waals surface area contributed by atoms with Gasteiger partial charge in [0.1, 0.15) is 12.4 Å². The summed E-state index contributed by atoms with van der Waals surface area (Å²) < 4.78 is 11.5. The number of benzene rings is 2. The maximum atomic E-state index is 12.6. The Morgan fingerprint density at radius 3 is 2.59 bits per heavy atom. The van der Waals surface area contributed by atoms with Gasteiger partial charge in [0.05, 0.1) is 11.8 Å². The summed E-state index contributed by atoms with van der Waals surface area (Å²) in [5.41, 5.74) is 2.81. The van der Waals surface area contributed by atoms with E-state index in [1.807, 2.05) is 25.1 Å². The molecule has 2 aromatic carbocycles. The molecule has 0 bridgehead atoms. The molecule has 2 amide bonds. The van der Waals surface area contributed by atoms with Gasteiger partial charge in [-0.15, -0.1) is 0 Å². The average Bonchev–Trinajstić information content (AvgIpc) is 3.15. The third-order valence-electron chi connectivity index (χ3n) is 4.30. The Morgan fingerprint density at radius 1 is 1.15 bits per heavy atom. The number of aryl methyl sites for hydroxylation is 1. The molecule has 0 radical (unpaired) electrons. The first kappa shape index (κ1) is 18.9. The number of rotatable bonds is 6. The lowest BCUT2D eigenvalue weighted by atomic mass is 10.1. The zero-order valence-corrected chi connectivity index (χ0v) is 15.6. The maximum absolute atomic E-state index is 12.6. The SMILES string of the molecule is CC(=O)Nc1ccc(C(=O)Nc2ccc(C)cc2OCC2CCCO2)cc1. The highest BCUT2D eigenvalue weighted by Gasteiger charge is 2.17. The fourth-order valence-electron chi connectivity index (χ4n) is 2.91. The van der Waals surface area contributed by atoms with E-state index >= 15 is 0 Å². The molecular weight excluding hydrogens is 344 g/mol. The van der Waals surface area contributed by atoms with Gasteiger partial charge in [-0.2, -0.15) is 0 Å². The lowest BCUT2D eigenvalue weighted by Gasteiger charge is -2.16. The minimum Gasteiger partial charge on any atom is -0.489 e. The first-order valence-corrected chi connectivity index (χ1v) is 9.05. The molecule has 142 valence electrons. The van der Waals surface area contributed by atoms with Crippen LogP contribution in [-0.4, -0.2) is 31.1 Å². The summed E-state index contributed by atoms with van der Waals surface area (Å²) in [6.07, 6.45) is 2.16. The predicted molar refractivity (Wildman–Crippen MR) is 104 cm³/mol. The Kier molecular flexibility index (Phi) is 6.08. The molecule has 27 heavy (non-hydrogen) atoms. The lowest BCUT2D eigenvalue weighted by molar-refractivity contribution is -0.114. The highest BCUT2D eigenvalue weighted by Crippen LogP contribution is 2.27. The molecular formula is C21H24N2O4. The van der Waals surface area contributed by atoms with Gasteiger partial charge in [-0.1, -0.05) is 6.07 Å². The normalized spacial score (nSPS) is 16.0. The zero-order valence-electron chi connectivity index (χ0n) is 15.6. The molecule has 1 fully saturated rings. The van der Waals surface area contributed by atoms with E-state index in [9.17, 15) is 9.59 Å². The standard InChI is InChI=1S/C21H24N2O4/c1-14-5-10-19(20(12-14)27-13-18-4-3-11-26-18)23-21(25)16-6-8-17(9-7-16)22-15(2)24/h5-10,12,18H,3-4,11,13H2,1-2H3,(H,22,24)(H,23,25). The van der Waals surface area contributed by atoms with Crippen molar-refractivity contribution in [3.8, 4) is 5.75 Å². The first-order chi connectivity index (χ1) is 13.0. The van der Waals surface area contributed by atoms with Crippen LogP contribution in [0, 0.1) is 6.92 Å². The van der Waals surface area contributed by atoms with Crippen molar-refractivity contribution in [3.63, 3.8) is 0 Å². The number of nitrogens with one attached hydrogen (secondary N) is 2. The van der Waals surface area contributed by atoms with Crippen LogP contribution in [0.4, 0.5) is 11.4 Å². The van der Waals surface area contributed by atoms with Crippen molar-refractivity contribution >= 4 is 23.2 Å². The first-order valence-electron chi connectivity index (χ1n) is 9.05. The predicted octanol–water partition coefficient (Wildman–Crippen LogP) is 3.76. The summed E-state index contributed by atoms with van der Waals surface area (Å²) in [5.74, 6) is 0.240. The van der Waals surface area contributed by atoms with Crippen LogP contribution in [-0.2, 0) is 9.53 Å².